The van der Waals surface area contributed by atoms with Gasteiger partial charge >= 0.3 is 0 Å². The Balaban J connectivity index is 1.34. The van der Waals surface area contributed by atoms with E-state index in [0.29, 0.717) is 19.1 Å². The van der Waals surface area contributed by atoms with Crippen molar-refractivity contribution in [1.29, 1.82) is 0 Å². The summed E-state index contributed by atoms with van der Waals surface area (Å²) >= 11 is 0. The molecule has 25 heavy (non-hydrogen) atoms. The molecule has 4 rings (SSSR count). The van der Waals surface area contributed by atoms with Crippen molar-refractivity contribution in [3.05, 3.63) is 41.4 Å². The highest BCUT2D eigenvalue weighted by atomic mass is 16.3. The maximum absolute atomic E-state index is 12.2. The van der Waals surface area contributed by atoms with Gasteiger partial charge in [-0.2, -0.15) is 0 Å². The van der Waals surface area contributed by atoms with Crippen LogP contribution in [0.1, 0.15) is 48.3 Å². The molecule has 1 saturated heterocycles. The molecule has 0 unspecified atom stereocenters. The van der Waals surface area contributed by atoms with Gasteiger partial charge in [-0.15, -0.1) is 0 Å². The van der Waals surface area contributed by atoms with Crippen LogP contribution in [-0.2, 0) is 24.2 Å². The lowest BCUT2D eigenvalue weighted by Crippen LogP contribution is -2.36. The number of amides is 1. The summed E-state index contributed by atoms with van der Waals surface area (Å²) in [6.45, 7) is 4.92. The topological polar surface area (TPSA) is 63.3 Å². The van der Waals surface area contributed by atoms with Crippen molar-refractivity contribution in [3.8, 4) is 0 Å². The molecule has 3 heterocycles. The lowest BCUT2D eigenvalue weighted by Gasteiger charge is -2.21. The first-order chi connectivity index (χ1) is 12.2. The molecule has 1 N–H and O–H groups in total. The molecule has 2 aliphatic rings. The first kappa shape index (κ1) is 16.4. The van der Waals surface area contributed by atoms with Crippen molar-refractivity contribution in [2.75, 3.05) is 19.6 Å². The number of carbonyl (C=O) groups is 1. The van der Waals surface area contributed by atoms with Crippen molar-refractivity contribution in [2.45, 2.75) is 51.6 Å². The lowest BCUT2D eigenvalue weighted by atomic mass is 10.0. The van der Waals surface area contributed by atoms with E-state index in [9.17, 15) is 4.79 Å². The minimum absolute atomic E-state index is 0.0569. The quantitative estimate of drug-likeness (QED) is 0.905. The van der Waals surface area contributed by atoms with Crippen LogP contribution in [0, 0.1) is 6.92 Å². The number of fused-ring (bicyclic) bond motifs is 1. The third kappa shape index (κ3) is 3.49. The number of nitrogens with one attached hydrogen (secondary N) is 1. The summed E-state index contributed by atoms with van der Waals surface area (Å²) < 4.78 is 7.70. The van der Waals surface area contributed by atoms with Crippen LogP contribution in [0.4, 0.5) is 0 Å². The van der Waals surface area contributed by atoms with Crippen molar-refractivity contribution in [2.24, 2.45) is 0 Å². The standard InChI is InChI=1S/C19H26N4O2/c1-14-21-17-6-2-3-7-18(17)23(14)15-8-9-22(12-15)13-19(24)20-11-16-5-4-10-25-16/h4-5,10,15H,2-3,6-9,11-13H2,1H3,(H,20,24)/t15-/m1/s1. The Hall–Kier alpha value is -2.08. The summed E-state index contributed by atoms with van der Waals surface area (Å²) in [4.78, 5) is 19.2. The second kappa shape index (κ2) is 7.04. The Morgan fingerprint density at radius 1 is 1.40 bits per heavy atom. The van der Waals surface area contributed by atoms with Crippen LogP contribution >= 0.6 is 0 Å². The summed E-state index contributed by atoms with van der Waals surface area (Å²) in [5.74, 6) is 1.98. The van der Waals surface area contributed by atoms with Gasteiger partial charge in [0.1, 0.15) is 11.6 Å². The second-order valence-electron chi connectivity index (χ2n) is 7.16. The van der Waals surface area contributed by atoms with Crippen LogP contribution in [-0.4, -0.2) is 40.0 Å². The molecule has 1 fully saturated rings. The van der Waals surface area contributed by atoms with Crippen molar-refractivity contribution >= 4 is 5.91 Å². The maximum Gasteiger partial charge on any atom is 0.234 e. The zero-order valence-corrected chi connectivity index (χ0v) is 14.8. The summed E-state index contributed by atoms with van der Waals surface area (Å²) in [6, 6.07) is 4.16. The monoisotopic (exact) mass is 342 g/mol. The predicted molar refractivity (Wildman–Crippen MR) is 94.3 cm³/mol. The maximum atomic E-state index is 12.2. The SMILES string of the molecule is Cc1nc2c(n1[C@@H]1CCN(CC(=O)NCc3ccco3)C1)CCCC2. The highest BCUT2D eigenvalue weighted by Crippen LogP contribution is 2.30. The smallest absolute Gasteiger partial charge is 0.234 e. The fourth-order valence-electron chi connectivity index (χ4n) is 4.21. The number of aromatic nitrogens is 2. The number of furan rings is 1. The van der Waals surface area contributed by atoms with Crippen molar-refractivity contribution < 1.29 is 9.21 Å². The molecule has 1 aliphatic carbocycles. The van der Waals surface area contributed by atoms with E-state index in [1.165, 1.54) is 24.2 Å². The van der Waals surface area contributed by atoms with E-state index >= 15 is 0 Å². The third-order valence-electron chi connectivity index (χ3n) is 5.37. The van der Waals surface area contributed by atoms with Gasteiger partial charge in [0.15, 0.2) is 0 Å². The molecule has 0 saturated carbocycles. The number of aryl methyl sites for hydroxylation is 2. The molecular formula is C19H26N4O2. The Morgan fingerprint density at radius 3 is 3.12 bits per heavy atom. The van der Waals surface area contributed by atoms with Crippen LogP contribution in [0.3, 0.4) is 0 Å². The molecule has 2 aromatic heterocycles. The molecule has 6 nitrogen and oxygen atoms in total. The largest absolute Gasteiger partial charge is 0.467 e. The number of rotatable bonds is 5. The third-order valence-corrected chi connectivity index (χ3v) is 5.37. The van der Waals surface area contributed by atoms with Gasteiger partial charge in [0.2, 0.25) is 5.91 Å². The fraction of sp³-hybridized carbons (Fsp3) is 0.579. The Bertz CT molecular complexity index is 735. The molecule has 2 aromatic rings. The minimum Gasteiger partial charge on any atom is -0.467 e. The number of likely N-dealkylation sites (tertiary alicyclic amines) is 1. The molecule has 1 aliphatic heterocycles. The van der Waals surface area contributed by atoms with Gasteiger partial charge in [0, 0.05) is 24.8 Å². The number of nitrogens with zero attached hydrogens (tertiary/aromatic N) is 3. The molecule has 0 bridgehead atoms. The van der Waals surface area contributed by atoms with Gasteiger partial charge in [-0.3, -0.25) is 9.69 Å². The van der Waals surface area contributed by atoms with Crippen LogP contribution in [0.2, 0.25) is 0 Å². The van der Waals surface area contributed by atoms with Gasteiger partial charge in [-0.05, 0) is 51.2 Å². The lowest BCUT2D eigenvalue weighted by molar-refractivity contribution is -0.122. The van der Waals surface area contributed by atoms with Crippen LogP contribution in [0.5, 0.6) is 0 Å². The number of hydrogen-bond donors (Lipinski definition) is 1. The summed E-state index contributed by atoms with van der Waals surface area (Å²) in [7, 11) is 0. The first-order valence-electron chi connectivity index (χ1n) is 9.28. The normalized spacial score (nSPS) is 20.6. The van der Waals surface area contributed by atoms with Crippen molar-refractivity contribution in [1.82, 2.24) is 19.8 Å². The van der Waals surface area contributed by atoms with Crippen LogP contribution in [0.15, 0.2) is 22.8 Å². The fourth-order valence-corrected chi connectivity index (χ4v) is 4.21. The summed E-state index contributed by atoms with van der Waals surface area (Å²) in [5.41, 5.74) is 2.75. The van der Waals surface area contributed by atoms with Gasteiger partial charge in [0.25, 0.3) is 0 Å². The van der Waals surface area contributed by atoms with E-state index < -0.39 is 0 Å². The first-order valence-corrected chi connectivity index (χ1v) is 9.28. The average Bonchev–Trinajstić information content (AvgIpc) is 3.32. The van der Waals surface area contributed by atoms with E-state index in [1.54, 1.807) is 6.26 Å². The zero-order valence-electron chi connectivity index (χ0n) is 14.8. The number of imidazole rings is 1. The molecule has 134 valence electrons. The Morgan fingerprint density at radius 2 is 2.28 bits per heavy atom. The van der Waals surface area contributed by atoms with Gasteiger partial charge < -0.3 is 14.3 Å². The summed E-state index contributed by atoms with van der Waals surface area (Å²) in [5, 5.41) is 2.93. The van der Waals surface area contributed by atoms with E-state index in [2.05, 4.69) is 21.7 Å². The molecule has 0 aromatic carbocycles. The van der Waals surface area contributed by atoms with E-state index in [4.69, 9.17) is 9.40 Å². The number of hydrogen-bond acceptors (Lipinski definition) is 4. The summed E-state index contributed by atoms with van der Waals surface area (Å²) in [6.07, 6.45) is 7.51. The molecule has 0 radical (unpaired) electrons. The van der Waals surface area contributed by atoms with E-state index in [0.717, 1.165) is 43.9 Å². The Kier molecular flexibility index (Phi) is 4.61. The van der Waals surface area contributed by atoms with E-state index in [-0.39, 0.29) is 5.91 Å². The zero-order chi connectivity index (χ0) is 17.2. The second-order valence-corrected chi connectivity index (χ2v) is 7.16. The number of carbonyl (C=O) groups excluding carboxylic acids is 1. The molecular weight excluding hydrogens is 316 g/mol. The van der Waals surface area contributed by atoms with Crippen LogP contribution < -0.4 is 5.32 Å². The molecule has 1 amide bonds. The van der Waals surface area contributed by atoms with Crippen molar-refractivity contribution in [3.63, 3.8) is 0 Å². The van der Waals surface area contributed by atoms with Gasteiger partial charge in [-0.1, -0.05) is 0 Å². The highest BCUT2D eigenvalue weighted by Gasteiger charge is 2.29. The Labute approximate surface area is 148 Å². The minimum atomic E-state index is 0.0569. The van der Waals surface area contributed by atoms with E-state index in [1.807, 2.05) is 12.1 Å². The van der Waals surface area contributed by atoms with Gasteiger partial charge in [-0.25, -0.2) is 4.98 Å². The molecule has 1 atom stereocenters. The average molecular weight is 342 g/mol. The molecule has 6 heteroatoms. The highest BCUT2D eigenvalue weighted by molar-refractivity contribution is 5.77. The predicted octanol–water partition coefficient (Wildman–Crippen LogP) is 2.23. The van der Waals surface area contributed by atoms with Crippen LogP contribution in [0.25, 0.3) is 0 Å². The molecule has 0 spiro atoms. The van der Waals surface area contributed by atoms with Gasteiger partial charge in [0.05, 0.1) is 25.0 Å².